The summed E-state index contributed by atoms with van der Waals surface area (Å²) in [6.45, 7) is 2.34. The first-order chi connectivity index (χ1) is 13.3. The number of likely N-dealkylation sites (N-methyl/N-ethyl adjacent to an activating group) is 1. The van der Waals surface area contributed by atoms with Crippen molar-refractivity contribution in [3.05, 3.63) is 17.5 Å². The molecule has 3 heterocycles. The predicted molar refractivity (Wildman–Crippen MR) is 99.1 cm³/mol. The molecule has 1 saturated heterocycles. The molecular formula is C17H25N7O4. The topological polar surface area (TPSA) is 121 Å². The molecule has 2 bridgehead atoms. The molecule has 0 aliphatic carbocycles. The van der Waals surface area contributed by atoms with Crippen molar-refractivity contribution >= 4 is 23.7 Å². The van der Waals surface area contributed by atoms with E-state index in [0.29, 0.717) is 25.3 Å². The zero-order chi connectivity index (χ0) is 20.4. The Bertz CT molecular complexity index is 818. The maximum atomic E-state index is 12.7. The second-order valence-corrected chi connectivity index (χ2v) is 6.84. The largest absolute Gasteiger partial charge is 0.356 e. The number of hydrogen-bond acceptors (Lipinski definition) is 6. The molecule has 11 nitrogen and oxygen atoms in total. The zero-order valence-corrected chi connectivity index (χ0v) is 16.4. The lowest BCUT2D eigenvalue weighted by atomic mass is 9.97. The number of carbonyl (C=O) groups is 3. The van der Waals surface area contributed by atoms with Gasteiger partial charge in [0.15, 0.2) is 5.84 Å². The molecule has 1 aromatic heterocycles. The lowest BCUT2D eigenvalue weighted by Crippen LogP contribution is -2.45. The highest BCUT2D eigenvalue weighted by atomic mass is 16.7. The van der Waals surface area contributed by atoms with Gasteiger partial charge in [0.2, 0.25) is 5.91 Å². The summed E-state index contributed by atoms with van der Waals surface area (Å²) in [4.78, 5) is 48.2. The summed E-state index contributed by atoms with van der Waals surface area (Å²) in [6.07, 6.45) is 2.37. The van der Waals surface area contributed by atoms with E-state index in [9.17, 15) is 14.4 Å². The molecule has 28 heavy (non-hydrogen) atoms. The second kappa shape index (κ2) is 7.87. The Morgan fingerprint density at radius 3 is 2.82 bits per heavy atom. The van der Waals surface area contributed by atoms with Gasteiger partial charge in [-0.15, -0.1) is 0 Å². The number of aromatic nitrogens is 2. The summed E-state index contributed by atoms with van der Waals surface area (Å²) in [5.41, 5.74) is 4.42. The second-order valence-electron chi connectivity index (χ2n) is 6.84. The molecule has 11 heteroatoms. The Labute approximate surface area is 162 Å². The van der Waals surface area contributed by atoms with Crippen LogP contribution in [0.4, 0.5) is 4.79 Å². The summed E-state index contributed by atoms with van der Waals surface area (Å²) in [6, 6.07) is -0.689. The van der Waals surface area contributed by atoms with Gasteiger partial charge in [-0.1, -0.05) is 0 Å². The van der Waals surface area contributed by atoms with Crippen LogP contribution >= 0.6 is 0 Å². The summed E-state index contributed by atoms with van der Waals surface area (Å²) in [5, 5.41) is 6.95. The van der Waals surface area contributed by atoms with E-state index in [1.54, 1.807) is 34.8 Å². The molecule has 152 valence electrons. The van der Waals surface area contributed by atoms with Crippen LogP contribution in [-0.4, -0.2) is 70.5 Å². The summed E-state index contributed by atoms with van der Waals surface area (Å²) < 4.78 is 1.72. The minimum Gasteiger partial charge on any atom is -0.356 e. The van der Waals surface area contributed by atoms with Crippen LogP contribution in [0.1, 0.15) is 43.1 Å². The third-order valence-corrected chi connectivity index (χ3v) is 5.03. The molecule has 2 N–H and O–H groups in total. The molecule has 1 aromatic rings. The number of aliphatic imine (C=N–C) groups is 1. The Balaban J connectivity index is 1.69. The fourth-order valence-electron chi connectivity index (χ4n) is 3.61. The Morgan fingerprint density at radius 2 is 2.14 bits per heavy atom. The van der Waals surface area contributed by atoms with Crippen LogP contribution in [0.3, 0.4) is 0 Å². The maximum absolute atomic E-state index is 12.7. The number of amidine groups is 1. The van der Waals surface area contributed by atoms with Crippen LogP contribution in [-0.2, 0) is 21.5 Å². The molecule has 0 spiro atoms. The van der Waals surface area contributed by atoms with Gasteiger partial charge in [0, 0.05) is 53.1 Å². The number of nitrogens with zero attached hydrogens (tertiary/aromatic N) is 5. The van der Waals surface area contributed by atoms with Crippen LogP contribution in [0.2, 0.25) is 0 Å². The smallest absolute Gasteiger partial charge is 0.332 e. The fourth-order valence-corrected chi connectivity index (χ4v) is 3.61. The number of aryl methyl sites for hydroxylation is 1. The summed E-state index contributed by atoms with van der Waals surface area (Å²) in [7, 11) is 5.14. The standard InChI is InChI=1S/C17H25N7O4/c1-10(25)19-7-5-6-13(26)28-21-16(18-2)15-14-11(8-20-23(14)4)12-9-24(15)17(27)22(12)3/h8,12,15H,5-7,9H2,1-4H3,(H,18,21)(H,19,25)/t12-,15-/m0/s1. The fraction of sp³-hybridized carbons (Fsp3) is 0.588. The van der Waals surface area contributed by atoms with Crippen LogP contribution < -0.4 is 10.8 Å². The molecule has 2 atom stereocenters. The van der Waals surface area contributed by atoms with Crippen LogP contribution in [0.25, 0.3) is 0 Å². The molecule has 3 rings (SSSR count). The van der Waals surface area contributed by atoms with Gasteiger partial charge >= 0.3 is 12.0 Å². The van der Waals surface area contributed by atoms with E-state index in [4.69, 9.17) is 4.84 Å². The summed E-state index contributed by atoms with van der Waals surface area (Å²) >= 11 is 0. The Hall–Kier alpha value is -3.11. The van der Waals surface area contributed by atoms with E-state index >= 15 is 0 Å². The van der Waals surface area contributed by atoms with Crippen molar-refractivity contribution in [3.63, 3.8) is 0 Å². The number of amides is 3. The molecule has 0 saturated carbocycles. The predicted octanol–water partition coefficient (Wildman–Crippen LogP) is -0.124. The zero-order valence-electron chi connectivity index (χ0n) is 16.4. The van der Waals surface area contributed by atoms with Gasteiger partial charge < -0.3 is 20.0 Å². The molecule has 2 aliphatic rings. The van der Waals surface area contributed by atoms with Crippen molar-refractivity contribution < 1.29 is 19.2 Å². The van der Waals surface area contributed by atoms with E-state index in [-0.39, 0.29) is 24.4 Å². The Morgan fingerprint density at radius 1 is 1.39 bits per heavy atom. The number of rotatable bonds is 5. The first-order valence-corrected chi connectivity index (χ1v) is 9.07. The van der Waals surface area contributed by atoms with Crippen molar-refractivity contribution in [1.82, 2.24) is 30.4 Å². The normalized spacial score (nSPS) is 20.9. The van der Waals surface area contributed by atoms with Crippen molar-refractivity contribution in [3.8, 4) is 0 Å². The average Bonchev–Trinajstić information content (AvgIpc) is 3.16. The SMILES string of the molecule is CN=C(NOC(=O)CCCNC(C)=O)[C@@H]1c2c(cnn2C)[C@@H]2CN1C(=O)N2C. The van der Waals surface area contributed by atoms with E-state index in [0.717, 1.165) is 11.3 Å². The maximum Gasteiger partial charge on any atom is 0.332 e. The number of urea groups is 1. The molecular weight excluding hydrogens is 366 g/mol. The first-order valence-electron chi connectivity index (χ1n) is 9.07. The van der Waals surface area contributed by atoms with Crippen LogP contribution in [0, 0.1) is 0 Å². The van der Waals surface area contributed by atoms with E-state index in [2.05, 4.69) is 20.9 Å². The van der Waals surface area contributed by atoms with Gasteiger partial charge in [-0.2, -0.15) is 5.10 Å². The first kappa shape index (κ1) is 19.6. The lowest BCUT2D eigenvalue weighted by Gasteiger charge is -2.32. The lowest BCUT2D eigenvalue weighted by molar-refractivity contribution is -0.148. The highest BCUT2D eigenvalue weighted by Gasteiger charge is 2.49. The van der Waals surface area contributed by atoms with Gasteiger partial charge in [-0.25, -0.2) is 15.1 Å². The summed E-state index contributed by atoms with van der Waals surface area (Å²) in [5.74, 6) is -0.271. The van der Waals surface area contributed by atoms with E-state index < -0.39 is 12.0 Å². The number of nitrogens with one attached hydrogen (secondary N) is 2. The van der Waals surface area contributed by atoms with Gasteiger partial charge in [0.05, 0.1) is 17.9 Å². The van der Waals surface area contributed by atoms with Crippen molar-refractivity contribution in [2.75, 3.05) is 27.2 Å². The van der Waals surface area contributed by atoms with Gasteiger partial charge in [-0.05, 0) is 6.42 Å². The third-order valence-electron chi connectivity index (χ3n) is 5.03. The number of fused-ring (bicyclic) bond motifs is 4. The van der Waals surface area contributed by atoms with Gasteiger partial charge in [-0.3, -0.25) is 14.5 Å². The molecule has 0 unspecified atom stereocenters. The highest BCUT2D eigenvalue weighted by Crippen LogP contribution is 2.42. The van der Waals surface area contributed by atoms with Crippen molar-refractivity contribution in [1.29, 1.82) is 0 Å². The molecule has 2 aliphatic heterocycles. The van der Waals surface area contributed by atoms with Gasteiger partial charge in [0.25, 0.3) is 0 Å². The quantitative estimate of drug-likeness (QED) is 0.312. The molecule has 1 fully saturated rings. The Kier molecular flexibility index (Phi) is 5.52. The molecule has 0 aromatic carbocycles. The third kappa shape index (κ3) is 3.51. The molecule has 3 amide bonds. The van der Waals surface area contributed by atoms with Crippen molar-refractivity contribution in [2.45, 2.75) is 31.8 Å². The van der Waals surface area contributed by atoms with Gasteiger partial charge in [0.1, 0.15) is 6.04 Å². The van der Waals surface area contributed by atoms with E-state index in [1.807, 2.05) is 7.05 Å². The van der Waals surface area contributed by atoms with Crippen LogP contribution in [0.15, 0.2) is 11.2 Å². The van der Waals surface area contributed by atoms with Crippen LogP contribution in [0.5, 0.6) is 0 Å². The van der Waals surface area contributed by atoms with E-state index in [1.165, 1.54) is 6.92 Å². The number of carbonyl (C=O) groups excluding carboxylic acids is 3. The molecule has 0 radical (unpaired) electrons. The average molecular weight is 391 g/mol. The number of hydroxylamine groups is 1. The number of hydrogen-bond donors (Lipinski definition) is 2. The highest BCUT2D eigenvalue weighted by molar-refractivity contribution is 5.94. The minimum absolute atomic E-state index is 0.0538. The minimum atomic E-state index is -0.520. The monoisotopic (exact) mass is 391 g/mol. The van der Waals surface area contributed by atoms with Crippen molar-refractivity contribution in [2.24, 2.45) is 12.0 Å².